The van der Waals surface area contributed by atoms with Gasteiger partial charge < -0.3 is 14.9 Å². The Morgan fingerprint density at radius 3 is 2.41 bits per heavy atom. The highest BCUT2D eigenvalue weighted by molar-refractivity contribution is 7.91. The van der Waals surface area contributed by atoms with Crippen LogP contribution in [-0.2, 0) is 21.0 Å². The van der Waals surface area contributed by atoms with Crippen molar-refractivity contribution in [3.05, 3.63) is 59.2 Å². The van der Waals surface area contributed by atoms with Gasteiger partial charge in [-0.25, -0.2) is 8.42 Å². The van der Waals surface area contributed by atoms with Crippen molar-refractivity contribution >= 4 is 21.0 Å². The summed E-state index contributed by atoms with van der Waals surface area (Å²) in [5.74, 6) is -5.41. The molecule has 1 atom stereocenters. The highest BCUT2D eigenvalue weighted by Gasteiger charge is 2.56. The number of morpholine rings is 1. The molecule has 2 N–H and O–H groups in total. The number of hydrogen-bond acceptors (Lipinski definition) is 6. The molecule has 2 aromatic carbocycles. The van der Waals surface area contributed by atoms with Gasteiger partial charge in [0.2, 0.25) is 0 Å². The number of alkyl halides is 5. The summed E-state index contributed by atoms with van der Waals surface area (Å²) in [5, 5.41) is 20.2. The topological polar surface area (TPSA) is 87.1 Å². The quantitative estimate of drug-likeness (QED) is 0.148. The van der Waals surface area contributed by atoms with Crippen molar-refractivity contribution in [1.29, 1.82) is 0 Å². The van der Waals surface area contributed by atoms with Crippen LogP contribution in [0.3, 0.4) is 0 Å². The molecule has 2 aliphatic rings. The zero-order valence-corrected chi connectivity index (χ0v) is 26.8. The molecule has 0 saturated carbocycles. The summed E-state index contributed by atoms with van der Waals surface area (Å²) in [5.41, 5.74) is 5.75. The lowest BCUT2D eigenvalue weighted by molar-refractivity contribution is -0.284. The lowest BCUT2D eigenvalue weighted by Crippen LogP contribution is -2.46. The van der Waals surface area contributed by atoms with E-state index in [1.165, 1.54) is 11.1 Å². The summed E-state index contributed by atoms with van der Waals surface area (Å²) < 4.78 is 93.8. The van der Waals surface area contributed by atoms with Gasteiger partial charge >= 0.3 is 12.1 Å². The third kappa shape index (κ3) is 10.1. The molecule has 1 heterocycles. The fraction of sp³-hybridized carbons (Fsp3) is 0.588. The number of halogens is 5. The normalized spacial score (nSPS) is 18.4. The minimum Gasteiger partial charge on any atom is -0.508 e. The molecule has 1 aliphatic carbocycles. The Hall–Kier alpha value is -2.70. The third-order valence-corrected chi connectivity index (χ3v) is 10.7. The maximum Gasteiger partial charge on any atom is 0.453 e. The molecule has 1 fully saturated rings. The first-order chi connectivity index (χ1) is 21.8. The largest absolute Gasteiger partial charge is 0.508 e. The van der Waals surface area contributed by atoms with E-state index < -0.39 is 40.5 Å². The van der Waals surface area contributed by atoms with Crippen molar-refractivity contribution < 1.29 is 45.3 Å². The smallest absolute Gasteiger partial charge is 0.453 e. The van der Waals surface area contributed by atoms with Crippen molar-refractivity contribution in [2.75, 3.05) is 37.8 Å². The van der Waals surface area contributed by atoms with Crippen LogP contribution in [0, 0.1) is 0 Å². The molecule has 0 radical (unpaired) electrons. The van der Waals surface area contributed by atoms with E-state index in [-0.39, 0.29) is 29.7 Å². The predicted octanol–water partition coefficient (Wildman–Crippen LogP) is 7.78. The van der Waals surface area contributed by atoms with Crippen molar-refractivity contribution in [3.8, 4) is 11.5 Å². The minimum absolute atomic E-state index is 0.158. The summed E-state index contributed by atoms with van der Waals surface area (Å²) in [6.07, 6.45) is -0.393. The zero-order valence-electron chi connectivity index (χ0n) is 26.0. The number of ether oxygens (including phenoxy) is 1. The molecule has 1 aliphatic heterocycles. The third-order valence-electron chi connectivity index (χ3n) is 8.94. The number of unbranched alkanes of at least 4 members (excludes halogenated alkanes) is 3. The summed E-state index contributed by atoms with van der Waals surface area (Å²) in [6, 6.07) is 12.7. The van der Waals surface area contributed by atoms with Crippen molar-refractivity contribution in [2.45, 2.75) is 88.8 Å². The molecule has 12 heteroatoms. The fourth-order valence-electron chi connectivity index (χ4n) is 6.44. The molecule has 256 valence electrons. The van der Waals surface area contributed by atoms with Gasteiger partial charge in [0.15, 0.2) is 0 Å². The summed E-state index contributed by atoms with van der Waals surface area (Å²) in [4.78, 5) is 2.19. The van der Waals surface area contributed by atoms with Gasteiger partial charge in [-0.2, -0.15) is 22.0 Å². The average molecular weight is 674 g/mol. The van der Waals surface area contributed by atoms with Crippen molar-refractivity contribution in [3.63, 3.8) is 0 Å². The Morgan fingerprint density at radius 1 is 0.891 bits per heavy atom. The Bertz CT molecular complexity index is 1440. The van der Waals surface area contributed by atoms with Crippen LogP contribution in [-0.4, -0.2) is 79.5 Å². The Morgan fingerprint density at radius 2 is 1.65 bits per heavy atom. The van der Waals surface area contributed by atoms with Gasteiger partial charge in [-0.15, -0.1) is 0 Å². The van der Waals surface area contributed by atoms with Crippen LogP contribution < -0.4 is 0 Å². The molecule has 1 saturated heterocycles. The van der Waals surface area contributed by atoms with Gasteiger partial charge in [-0.05, 0) is 110 Å². The van der Waals surface area contributed by atoms with E-state index in [0.29, 0.717) is 19.8 Å². The van der Waals surface area contributed by atoms with Gasteiger partial charge in [0, 0.05) is 19.0 Å². The average Bonchev–Trinajstić information content (AvgIpc) is 3.16. The maximum atomic E-state index is 13.2. The maximum absolute atomic E-state index is 13.2. The van der Waals surface area contributed by atoms with Crippen LogP contribution in [0.25, 0.3) is 11.1 Å². The summed E-state index contributed by atoms with van der Waals surface area (Å²) >= 11 is 0. The summed E-state index contributed by atoms with van der Waals surface area (Å²) in [6.45, 7) is 2.27. The van der Waals surface area contributed by atoms with Crippen LogP contribution in [0.4, 0.5) is 22.0 Å². The first-order valence-corrected chi connectivity index (χ1v) is 17.9. The van der Waals surface area contributed by atoms with Gasteiger partial charge in [-0.1, -0.05) is 31.0 Å². The van der Waals surface area contributed by atoms with Crippen LogP contribution in [0.2, 0.25) is 0 Å². The molecule has 1 unspecified atom stereocenters. The minimum atomic E-state index is -5.69. The van der Waals surface area contributed by atoms with E-state index in [0.717, 1.165) is 74.6 Å². The van der Waals surface area contributed by atoms with E-state index in [1.54, 1.807) is 18.2 Å². The van der Waals surface area contributed by atoms with Gasteiger partial charge in [-0.3, -0.25) is 4.90 Å². The lowest BCUT2D eigenvalue weighted by Gasteiger charge is -2.35. The molecule has 0 spiro atoms. The monoisotopic (exact) mass is 673 g/mol. The van der Waals surface area contributed by atoms with Gasteiger partial charge in [0.25, 0.3) is 0 Å². The second-order valence-electron chi connectivity index (χ2n) is 12.4. The number of hydrogen-bond donors (Lipinski definition) is 2. The Balaban J connectivity index is 1.27. The highest BCUT2D eigenvalue weighted by Crippen LogP contribution is 2.41. The molecule has 0 amide bonds. The number of benzene rings is 2. The number of sulfone groups is 1. The van der Waals surface area contributed by atoms with E-state index in [1.807, 2.05) is 24.3 Å². The molecule has 46 heavy (non-hydrogen) atoms. The first kappa shape index (κ1) is 36.1. The lowest BCUT2D eigenvalue weighted by atomic mass is 9.89. The Kier molecular flexibility index (Phi) is 12.5. The number of aromatic hydroxyl groups is 2. The van der Waals surface area contributed by atoms with E-state index >= 15 is 0 Å². The number of nitrogens with zero attached hydrogens (tertiary/aromatic N) is 1. The summed E-state index contributed by atoms with van der Waals surface area (Å²) in [7, 11) is -3.78. The number of rotatable bonds is 15. The number of phenols is 2. The van der Waals surface area contributed by atoms with E-state index in [4.69, 9.17) is 4.74 Å². The van der Waals surface area contributed by atoms with Crippen molar-refractivity contribution in [1.82, 2.24) is 4.90 Å². The molecular formula is C34H44F5NO5S. The zero-order chi connectivity index (χ0) is 33.4. The van der Waals surface area contributed by atoms with Crippen LogP contribution in [0.5, 0.6) is 11.5 Å². The molecule has 4 rings (SSSR count). The van der Waals surface area contributed by atoms with E-state index in [9.17, 15) is 40.6 Å². The number of fused-ring (bicyclic) bond motifs is 1. The molecule has 2 aromatic rings. The van der Waals surface area contributed by atoms with Crippen LogP contribution in [0.15, 0.2) is 42.5 Å². The molecular weight excluding hydrogens is 629 g/mol. The number of allylic oxidation sites excluding steroid dienone is 2. The predicted molar refractivity (Wildman–Crippen MR) is 169 cm³/mol. The molecule has 0 aromatic heterocycles. The highest BCUT2D eigenvalue weighted by atomic mass is 32.2. The van der Waals surface area contributed by atoms with Crippen LogP contribution >= 0.6 is 0 Å². The molecule has 6 nitrogen and oxygen atoms in total. The van der Waals surface area contributed by atoms with Crippen LogP contribution in [0.1, 0.15) is 80.9 Å². The number of aryl methyl sites for hydroxylation is 1. The van der Waals surface area contributed by atoms with Gasteiger partial charge in [0.1, 0.15) is 21.3 Å². The second-order valence-corrected chi connectivity index (χ2v) is 14.7. The Labute approximate surface area is 268 Å². The van der Waals surface area contributed by atoms with Crippen molar-refractivity contribution in [2.24, 2.45) is 0 Å². The fourth-order valence-corrected chi connectivity index (χ4v) is 7.86. The standard InChI is InChI=1S/C34H44F5NO5S/c35-33(36,34(37,38)39)16-7-20-46(43,44)21-15-27-24-45-19-18-40(27)17-4-2-1-3-11-32-30(25-8-5-10-28(41)22-25)12-6-9-26-23-29(42)13-14-31(26)32/h5,8,10,13-14,22-23,27,41-42H,1-4,6-7,9,11-12,15-21,24H2. The van der Waals surface area contributed by atoms with Gasteiger partial charge in [0.05, 0.1) is 24.7 Å². The SMILES string of the molecule is O=S(=O)(CCCC(F)(F)C(F)(F)F)CCC1COCCN1CCCCCCC1=C(c2cccc(O)c2)CCCc2cc(O)ccc21. The van der Waals surface area contributed by atoms with E-state index in [2.05, 4.69) is 4.90 Å². The first-order valence-electron chi connectivity index (χ1n) is 16.1. The molecule has 0 bridgehead atoms. The second kappa shape index (κ2) is 15.9. The number of phenolic OH excluding ortho intramolecular Hbond substituents is 2.